The number of guanidine groups is 2. The van der Waals surface area contributed by atoms with E-state index in [0.29, 0.717) is 21.4 Å². The second-order valence-corrected chi connectivity index (χ2v) is 12.4. The van der Waals surface area contributed by atoms with Crippen LogP contribution in [0.3, 0.4) is 0 Å². The summed E-state index contributed by atoms with van der Waals surface area (Å²) >= 11 is 11.8. The molecule has 0 bridgehead atoms. The molecule has 52 heavy (non-hydrogen) atoms. The minimum atomic E-state index is -1.45. The zero-order chi connectivity index (χ0) is 36.5. The maximum absolute atomic E-state index is 14.1. The molecule has 0 aromatic heterocycles. The number of fused-ring (bicyclic) bond motifs is 2. The number of nitrogens with zero attached hydrogens (tertiary/aromatic N) is 4. The third kappa shape index (κ3) is 7.16. The third-order valence-corrected chi connectivity index (χ3v) is 8.57. The van der Waals surface area contributed by atoms with E-state index in [0.717, 1.165) is 12.1 Å². The first-order valence-electron chi connectivity index (χ1n) is 15.4. The molecule has 22 heteroatoms. The number of benzene rings is 3. The number of hydrazone groups is 2. The Hall–Kier alpha value is -6.22. The van der Waals surface area contributed by atoms with Crippen LogP contribution in [-0.2, 0) is 9.59 Å². The summed E-state index contributed by atoms with van der Waals surface area (Å²) in [4.78, 5) is 66.9. The first kappa shape index (κ1) is 34.2. The fraction of sp³-hybridized carbons (Fsp3) is 0.167. The Balaban J connectivity index is 1.05. The molecule has 3 aromatic carbocycles. The molecule has 19 nitrogen and oxygen atoms in total. The van der Waals surface area contributed by atoms with Gasteiger partial charge in [-0.3, -0.25) is 57.4 Å². The van der Waals surface area contributed by atoms with E-state index in [4.69, 9.17) is 23.2 Å². The maximum atomic E-state index is 14.1. The normalized spacial score (nSPS) is 22.2. The number of halogens is 3. The lowest BCUT2D eigenvalue weighted by atomic mass is 9.82. The first-order valence-corrected chi connectivity index (χ1v) is 16.1. The smallest absolute Gasteiger partial charge is 0.308 e. The van der Waals surface area contributed by atoms with Gasteiger partial charge in [0.1, 0.15) is 17.9 Å². The van der Waals surface area contributed by atoms with Crippen molar-refractivity contribution in [1.82, 2.24) is 53.0 Å². The highest BCUT2D eigenvalue weighted by Gasteiger charge is 2.52. The maximum Gasteiger partial charge on any atom is 0.326 e. The van der Waals surface area contributed by atoms with E-state index in [2.05, 4.69) is 63.8 Å². The summed E-state index contributed by atoms with van der Waals surface area (Å²) in [5, 5.41) is 27.7. The quantitative estimate of drug-likeness (QED) is 0.156. The average Bonchev–Trinajstić information content (AvgIpc) is 3.69. The summed E-state index contributed by atoms with van der Waals surface area (Å²) in [6.45, 7) is 0. The number of nitrogens with one attached hydrogen (secondary N) is 10. The molecule has 0 aliphatic carbocycles. The molecule has 7 rings (SSSR count). The van der Waals surface area contributed by atoms with E-state index in [-0.39, 0.29) is 17.5 Å². The van der Waals surface area contributed by atoms with E-state index in [9.17, 15) is 28.4 Å². The summed E-state index contributed by atoms with van der Waals surface area (Å²) in [6.07, 6.45) is -1.97. The van der Waals surface area contributed by atoms with Crippen molar-refractivity contribution in [1.29, 1.82) is 0 Å². The molecule has 0 spiro atoms. The third-order valence-electron chi connectivity index (χ3n) is 8.06. The first-order chi connectivity index (χ1) is 25.0. The van der Waals surface area contributed by atoms with Crippen molar-refractivity contribution in [3.63, 3.8) is 0 Å². The summed E-state index contributed by atoms with van der Waals surface area (Å²) in [6, 6.07) is 13.2. The number of carbonyl (C=O) groups is 5. The Morgan fingerprint density at radius 3 is 1.50 bits per heavy atom. The highest BCUT2D eigenvalue weighted by molar-refractivity contribution is 6.31. The number of Topliss-reactive ketones (excluding diaryl/α,β-unsaturated/α-hetero) is 1. The van der Waals surface area contributed by atoms with Crippen LogP contribution in [0, 0.1) is 11.7 Å². The summed E-state index contributed by atoms with van der Waals surface area (Å²) in [5.74, 6) is -4.43. The van der Waals surface area contributed by atoms with Crippen LogP contribution in [0.25, 0.3) is 0 Å². The van der Waals surface area contributed by atoms with E-state index < -0.39 is 66.1 Å². The standard InChI is InChI=1S/C30H27Cl2FN14O5/c31-14-3-9-17(10-4-14)34-29(51)38-27-42-40-25-36-20(23(49)44-46(25)27)19(22(48)13-1-7-16(33)8-2-13)21-24(50)45-47-26(37-21)41-43-28(47)39-30(52)35-18-11-5-15(32)6-12-18/h1-12,19-21,25-26,36-37,40-41H,(H,44,49)(H,45,50)(H2,34,38,42,51)(H2,35,39,43,52). The Morgan fingerprint density at radius 2 is 1.08 bits per heavy atom. The van der Waals surface area contributed by atoms with Crippen molar-refractivity contribution >= 4 is 76.2 Å². The zero-order valence-corrected chi connectivity index (χ0v) is 27.8. The van der Waals surface area contributed by atoms with E-state index in [1.165, 1.54) is 22.2 Å². The average molecular weight is 754 g/mol. The molecular weight excluding hydrogens is 726 g/mol. The fourth-order valence-corrected chi connectivity index (χ4v) is 5.90. The van der Waals surface area contributed by atoms with Crippen LogP contribution >= 0.6 is 23.2 Å². The molecule has 4 atom stereocenters. The van der Waals surface area contributed by atoms with Crippen LogP contribution in [0.4, 0.5) is 25.4 Å². The van der Waals surface area contributed by atoms with Crippen molar-refractivity contribution in [2.24, 2.45) is 16.1 Å². The molecule has 6 amide bonds. The van der Waals surface area contributed by atoms with E-state index in [1.54, 1.807) is 48.5 Å². The van der Waals surface area contributed by atoms with Crippen LogP contribution in [0.2, 0.25) is 10.0 Å². The van der Waals surface area contributed by atoms with Crippen molar-refractivity contribution in [2.75, 3.05) is 10.6 Å². The van der Waals surface area contributed by atoms with Gasteiger partial charge in [0.25, 0.3) is 11.8 Å². The SMILES string of the molecule is O=C(NC1=NNC2NC(C(C(=O)c3ccc(F)cc3)C3NC4NN=C(NC(=O)Nc5ccc(Cl)cc5)N4NC3=O)C(=O)NN12)Nc1ccc(Cl)cc1. The molecule has 2 saturated heterocycles. The molecule has 0 saturated carbocycles. The molecule has 4 unspecified atom stereocenters. The number of anilines is 2. The minimum absolute atomic E-state index is 0.0224. The van der Waals surface area contributed by atoms with E-state index in [1.807, 2.05) is 0 Å². The van der Waals surface area contributed by atoms with Crippen LogP contribution in [0.15, 0.2) is 83.0 Å². The molecular formula is C30H27Cl2FN14O5. The lowest BCUT2D eigenvalue weighted by Crippen LogP contribution is -2.77. The van der Waals surface area contributed by atoms with Crippen molar-refractivity contribution in [3.05, 3.63) is 94.2 Å². The van der Waals surface area contributed by atoms with Crippen molar-refractivity contribution in [2.45, 2.75) is 24.7 Å². The predicted molar refractivity (Wildman–Crippen MR) is 184 cm³/mol. The van der Waals surface area contributed by atoms with Gasteiger partial charge in [0.15, 0.2) is 18.4 Å². The highest BCUT2D eigenvalue weighted by atomic mass is 35.5. The number of hydrogen-bond donors (Lipinski definition) is 10. The van der Waals surface area contributed by atoms with Gasteiger partial charge < -0.3 is 10.6 Å². The highest BCUT2D eigenvalue weighted by Crippen LogP contribution is 2.24. The minimum Gasteiger partial charge on any atom is -0.308 e. The topological polar surface area (TPSA) is 237 Å². The number of urea groups is 2. The monoisotopic (exact) mass is 752 g/mol. The number of hydrazine groups is 2. The van der Waals surface area contributed by atoms with Gasteiger partial charge >= 0.3 is 12.1 Å². The predicted octanol–water partition coefficient (Wildman–Crippen LogP) is 0.500. The van der Waals surface area contributed by atoms with Gasteiger partial charge in [0, 0.05) is 27.0 Å². The molecule has 268 valence electrons. The van der Waals surface area contributed by atoms with Gasteiger partial charge in [0.2, 0.25) is 11.9 Å². The largest absolute Gasteiger partial charge is 0.326 e. The molecule has 2 fully saturated rings. The van der Waals surface area contributed by atoms with Gasteiger partial charge in [-0.05, 0) is 72.8 Å². The summed E-state index contributed by atoms with van der Waals surface area (Å²) in [5.41, 5.74) is 11.6. The van der Waals surface area contributed by atoms with Gasteiger partial charge in [0.05, 0.1) is 5.92 Å². The molecule has 4 heterocycles. The van der Waals surface area contributed by atoms with Gasteiger partial charge in [-0.1, -0.05) is 23.2 Å². The number of carbonyl (C=O) groups excluding carboxylic acids is 5. The van der Waals surface area contributed by atoms with Crippen molar-refractivity contribution in [3.8, 4) is 0 Å². The zero-order valence-electron chi connectivity index (χ0n) is 26.3. The number of amides is 6. The van der Waals surface area contributed by atoms with Crippen molar-refractivity contribution < 1.29 is 28.4 Å². The molecule has 3 aromatic rings. The molecule has 10 N–H and O–H groups in total. The van der Waals surface area contributed by atoms with Crippen LogP contribution < -0.4 is 53.6 Å². The van der Waals surface area contributed by atoms with Gasteiger partial charge in [-0.15, -0.1) is 10.2 Å². The van der Waals surface area contributed by atoms with Gasteiger partial charge in [-0.25, -0.2) is 24.0 Å². The number of rotatable bonds is 6. The van der Waals surface area contributed by atoms with Gasteiger partial charge in [-0.2, -0.15) is 0 Å². The molecule has 4 aliphatic rings. The Morgan fingerprint density at radius 1 is 0.654 bits per heavy atom. The summed E-state index contributed by atoms with van der Waals surface area (Å²) < 4.78 is 13.8. The second-order valence-electron chi connectivity index (χ2n) is 11.5. The Kier molecular flexibility index (Phi) is 9.34. The second kappa shape index (κ2) is 14.2. The Bertz CT molecular complexity index is 1870. The Labute approximate surface area is 302 Å². The van der Waals surface area contributed by atoms with Crippen LogP contribution in [-0.4, -0.2) is 76.3 Å². The lowest BCUT2D eigenvalue weighted by Gasteiger charge is -2.43. The lowest BCUT2D eigenvalue weighted by molar-refractivity contribution is -0.138. The summed E-state index contributed by atoms with van der Waals surface area (Å²) in [7, 11) is 0. The fourth-order valence-electron chi connectivity index (χ4n) is 5.64. The van der Waals surface area contributed by atoms with Crippen LogP contribution in [0.5, 0.6) is 0 Å². The van der Waals surface area contributed by atoms with E-state index >= 15 is 0 Å². The number of ketones is 1. The molecule has 4 aliphatic heterocycles. The van der Waals surface area contributed by atoms with Crippen LogP contribution in [0.1, 0.15) is 10.4 Å². The molecule has 0 radical (unpaired) electrons. The number of hydrogen-bond acceptors (Lipinski definition) is 13.